The minimum absolute atomic E-state index is 0.346. The monoisotopic (exact) mass is 397 g/mol. The molecule has 0 saturated carbocycles. The Balaban J connectivity index is 1.62. The maximum atomic E-state index is 13.4. The Hall–Kier alpha value is -1.82. The van der Waals surface area contributed by atoms with Gasteiger partial charge in [-0.25, -0.2) is 8.42 Å². The van der Waals surface area contributed by atoms with Gasteiger partial charge in [-0.15, -0.1) is 0 Å². The zero-order valence-corrected chi connectivity index (χ0v) is 17.0. The molecule has 140 valence electrons. The summed E-state index contributed by atoms with van der Waals surface area (Å²) in [5, 5.41) is 2.10. The number of fused-ring (bicyclic) bond motifs is 1. The summed E-state index contributed by atoms with van der Waals surface area (Å²) >= 11 is 1.86. The van der Waals surface area contributed by atoms with Gasteiger partial charge in [0, 0.05) is 29.5 Å². The highest BCUT2D eigenvalue weighted by atomic mass is 32.2. The fourth-order valence-corrected chi connectivity index (χ4v) is 6.86. The molecule has 1 atom stereocenters. The summed E-state index contributed by atoms with van der Waals surface area (Å²) in [5.41, 5.74) is 2.60. The minimum Gasteiger partial charge on any atom is -0.207 e. The molecule has 3 nitrogen and oxygen atoms in total. The molecular weight excluding hydrogens is 374 g/mol. The van der Waals surface area contributed by atoms with Crippen molar-refractivity contribution in [2.24, 2.45) is 0 Å². The van der Waals surface area contributed by atoms with Crippen LogP contribution in [0.4, 0.5) is 0 Å². The van der Waals surface area contributed by atoms with Crippen LogP contribution in [0.5, 0.6) is 0 Å². The molecular formula is C22H23NO2S2. The first kappa shape index (κ1) is 18.5. The van der Waals surface area contributed by atoms with E-state index in [4.69, 9.17) is 0 Å². The third kappa shape index (κ3) is 3.64. The van der Waals surface area contributed by atoms with E-state index < -0.39 is 10.0 Å². The summed E-state index contributed by atoms with van der Waals surface area (Å²) in [4.78, 5) is 0.417. The SMILES string of the molecule is Cc1ccccc1C1CCN(S(=O)(=O)c2cccc3ccccc23)CCS1. The molecule has 0 aromatic heterocycles. The molecule has 1 saturated heterocycles. The number of hydrogen-bond acceptors (Lipinski definition) is 3. The van der Waals surface area contributed by atoms with Crippen LogP contribution in [0.3, 0.4) is 0 Å². The predicted octanol–water partition coefficient (Wildman–Crippen LogP) is 5.02. The van der Waals surface area contributed by atoms with Crippen LogP contribution in [0.2, 0.25) is 0 Å². The van der Waals surface area contributed by atoms with Crippen molar-refractivity contribution in [2.45, 2.75) is 23.5 Å². The summed E-state index contributed by atoms with van der Waals surface area (Å²) in [7, 11) is -3.51. The molecule has 0 spiro atoms. The van der Waals surface area contributed by atoms with E-state index in [2.05, 4.69) is 31.2 Å². The molecule has 1 aliphatic rings. The van der Waals surface area contributed by atoms with Crippen LogP contribution in [0.25, 0.3) is 10.8 Å². The minimum atomic E-state index is -3.51. The third-order valence-electron chi connectivity index (χ3n) is 5.20. The number of sulfonamides is 1. The largest absolute Gasteiger partial charge is 0.243 e. The number of thioether (sulfide) groups is 1. The molecule has 5 heteroatoms. The average molecular weight is 398 g/mol. The van der Waals surface area contributed by atoms with E-state index in [1.165, 1.54) is 11.1 Å². The maximum Gasteiger partial charge on any atom is 0.243 e. The van der Waals surface area contributed by atoms with Gasteiger partial charge in [0.25, 0.3) is 0 Å². The second kappa shape index (κ2) is 7.66. The predicted molar refractivity (Wildman–Crippen MR) is 114 cm³/mol. The summed E-state index contributed by atoms with van der Waals surface area (Å²) in [6.07, 6.45) is 0.833. The summed E-state index contributed by atoms with van der Waals surface area (Å²) in [6.45, 7) is 3.24. The Morgan fingerprint density at radius 3 is 2.52 bits per heavy atom. The quantitative estimate of drug-likeness (QED) is 0.623. The topological polar surface area (TPSA) is 37.4 Å². The fraction of sp³-hybridized carbons (Fsp3) is 0.273. The molecule has 3 aromatic carbocycles. The fourth-order valence-electron chi connectivity index (χ4n) is 3.75. The highest BCUT2D eigenvalue weighted by Crippen LogP contribution is 2.37. The Morgan fingerprint density at radius 1 is 0.926 bits per heavy atom. The highest BCUT2D eigenvalue weighted by molar-refractivity contribution is 7.99. The standard InChI is InChI=1S/C22H23NO2S2/c1-17-7-2-4-10-19(17)21-13-14-23(15-16-26-21)27(24,25)22-12-6-9-18-8-3-5-11-20(18)22/h2-12,21H,13-16H2,1H3. The number of aryl methyl sites for hydroxylation is 1. The molecule has 1 aliphatic heterocycles. The van der Waals surface area contributed by atoms with Crippen molar-refractivity contribution in [3.63, 3.8) is 0 Å². The number of rotatable bonds is 3. The second-order valence-corrected chi connectivity index (χ2v) is 10.1. The van der Waals surface area contributed by atoms with E-state index in [9.17, 15) is 8.42 Å². The first-order valence-corrected chi connectivity index (χ1v) is 11.7. The Labute approximate surface area is 165 Å². The average Bonchev–Trinajstić information content (AvgIpc) is 2.94. The van der Waals surface area contributed by atoms with E-state index in [0.29, 0.717) is 23.2 Å². The van der Waals surface area contributed by atoms with Gasteiger partial charge in [-0.3, -0.25) is 0 Å². The lowest BCUT2D eigenvalue weighted by atomic mass is 10.0. The smallest absolute Gasteiger partial charge is 0.207 e. The van der Waals surface area contributed by atoms with Gasteiger partial charge in [0.1, 0.15) is 0 Å². The van der Waals surface area contributed by atoms with Crippen LogP contribution in [-0.2, 0) is 10.0 Å². The van der Waals surface area contributed by atoms with Crippen LogP contribution in [0.15, 0.2) is 71.6 Å². The molecule has 1 heterocycles. The van der Waals surface area contributed by atoms with Gasteiger partial charge in [-0.2, -0.15) is 16.1 Å². The van der Waals surface area contributed by atoms with Gasteiger partial charge in [-0.1, -0.05) is 60.7 Å². The number of benzene rings is 3. The van der Waals surface area contributed by atoms with E-state index in [-0.39, 0.29) is 0 Å². The molecule has 0 radical (unpaired) electrons. The second-order valence-electron chi connectivity index (χ2n) is 6.89. The van der Waals surface area contributed by atoms with Crippen molar-refractivity contribution in [2.75, 3.05) is 18.8 Å². The summed E-state index contributed by atoms with van der Waals surface area (Å²) in [5.74, 6) is 0.809. The number of hydrogen-bond donors (Lipinski definition) is 0. The lowest BCUT2D eigenvalue weighted by Gasteiger charge is -2.21. The Kier molecular flexibility index (Phi) is 5.26. The van der Waals surface area contributed by atoms with Crippen LogP contribution in [0, 0.1) is 6.92 Å². The molecule has 3 aromatic rings. The maximum absolute atomic E-state index is 13.4. The van der Waals surface area contributed by atoms with Gasteiger partial charge in [0.15, 0.2) is 0 Å². The van der Waals surface area contributed by atoms with Crippen LogP contribution in [0.1, 0.15) is 22.8 Å². The number of nitrogens with zero attached hydrogens (tertiary/aromatic N) is 1. The van der Waals surface area contributed by atoms with E-state index >= 15 is 0 Å². The molecule has 0 amide bonds. The van der Waals surface area contributed by atoms with Crippen LogP contribution >= 0.6 is 11.8 Å². The molecule has 1 unspecified atom stereocenters. The lowest BCUT2D eigenvalue weighted by Crippen LogP contribution is -2.33. The van der Waals surface area contributed by atoms with Gasteiger partial charge in [-0.05, 0) is 35.9 Å². The molecule has 4 rings (SSSR count). The van der Waals surface area contributed by atoms with Crippen LogP contribution in [-0.4, -0.2) is 31.6 Å². The Morgan fingerprint density at radius 2 is 1.67 bits per heavy atom. The van der Waals surface area contributed by atoms with Gasteiger partial charge < -0.3 is 0 Å². The first-order valence-electron chi connectivity index (χ1n) is 9.22. The van der Waals surface area contributed by atoms with E-state index in [0.717, 1.165) is 22.9 Å². The van der Waals surface area contributed by atoms with Gasteiger partial charge in [0.2, 0.25) is 10.0 Å². The molecule has 27 heavy (non-hydrogen) atoms. The molecule has 0 aliphatic carbocycles. The highest BCUT2D eigenvalue weighted by Gasteiger charge is 2.29. The van der Waals surface area contributed by atoms with Gasteiger partial charge >= 0.3 is 0 Å². The van der Waals surface area contributed by atoms with Crippen molar-refractivity contribution < 1.29 is 8.42 Å². The summed E-state index contributed by atoms with van der Waals surface area (Å²) < 4.78 is 28.4. The summed E-state index contributed by atoms with van der Waals surface area (Å²) in [6, 6.07) is 21.6. The van der Waals surface area contributed by atoms with Crippen molar-refractivity contribution in [3.8, 4) is 0 Å². The zero-order valence-electron chi connectivity index (χ0n) is 15.3. The lowest BCUT2D eigenvalue weighted by molar-refractivity contribution is 0.428. The van der Waals surface area contributed by atoms with E-state index in [1.54, 1.807) is 10.4 Å². The molecule has 0 bridgehead atoms. The normalized spacial score (nSPS) is 19.1. The van der Waals surface area contributed by atoms with Gasteiger partial charge in [0.05, 0.1) is 4.90 Å². The Bertz CT molecular complexity index is 1060. The van der Waals surface area contributed by atoms with Crippen molar-refractivity contribution in [3.05, 3.63) is 77.9 Å². The van der Waals surface area contributed by atoms with Crippen molar-refractivity contribution >= 4 is 32.6 Å². The van der Waals surface area contributed by atoms with E-state index in [1.807, 2.05) is 48.2 Å². The molecule has 1 fully saturated rings. The van der Waals surface area contributed by atoms with Crippen molar-refractivity contribution in [1.82, 2.24) is 4.31 Å². The molecule has 0 N–H and O–H groups in total. The first-order chi connectivity index (χ1) is 13.1. The van der Waals surface area contributed by atoms with Crippen molar-refractivity contribution in [1.29, 1.82) is 0 Å². The third-order valence-corrected chi connectivity index (χ3v) is 8.47. The zero-order chi connectivity index (χ0) is 18.9. The van der Waals surface area contributed by atoms with Crippen LogP contribution < -0.4 is 0 Å².